The van der Waals surface area contributed by atoms with Crippen LogP contribution in [0.5, 0.6) is 5.75 Å². The van der Waals surface area contributed by atoms with Crippen LogP contribution in [0.25, 0.3) is 33.3 Å². The molecule has 4 aromatic carbocycles. The molecule has 2 fully saturated rings. The van der Waals surface area contributed by atoms with Crippen LogP contribution in [0.1, 0.15) is 23.2 Å². The summed E-state index contributed by atoms with van der Waals surface area (Å²) < 4.78 is 5.72. The van der Waals surface area contributed by atoms with Gasteiger partial charge in [0.1, 0.15) is 5.75 Å². The first-order valence-corrected chi connectivity index (χ1v) is 15.7. The van der Waals surface area contributed by atoms with Crippen LogP contribution in [0.4, 0.5) is 4.79 Å². The lowest BCUT2D eigenvalue weighted by Gasteiger charge is -2.42. The van der Waals surface area contributed by atoms with Crippen molar-refractivity contribution in [1.29, 1.82) is 0 Å². The van der Waals surface area contributed by atoms with Gasteiger partial charge < -0.3 is 14.5 Å². The smallest absolute Gasteiger partial charge is 0.410 e. The van der Waals surface area contributed by atoms with Gasteiger partial charge in [-0.1, -0.05) is 91.0 Å². The second-order valence-corrected chi connectivity index (χ2v) is 11.8. The maximum Gasteiger partial charge on any atom is 0.415 e. The number of hydrogen-bond acceptors (Lipinski definition) is 5. The molecule has 0 saturated carbocycles. The third-order valence-electron chi connectivity index (χ3n) is 8.98. The minimum Gasteiger partial charge on any atom is -0.410 e. The van der Waals surface area contributed by atoms with Crippen molar-refractivity contribution in [3.05, 3.63) is 121 Å². The molecule has 0 spiro atoms. The Morgan fingerprint density at radius 1 is 0.600 bits per heavy atom. The lowest BCUT2D eigenvalue weighted by atomic mass is 10.0. The Labute approximate surface area is 263 Å². The number of nitrogens with zero attached hydrogens (tertiary/aromatic N) is 4. The first kappa shape index (κ1) is 28.7. The van der Waals surface area contributed by atoms with Crippen LogP contribution in [0.3, 0.4) is 0 Å². The van der Waals surface area contributed by atoms with Crippen LogP contribution in [0.15, 0.2) is 115 Å². The number of aromatic nitrogens is 1. The zero-order chi connectivity index (χ0) is 30.6. The van der Waals surface area contributed by atoms with Crippen molar-refractivity contribution >= 4 is 22.8 Å². The van der Waals surface area contributed by atoms with Gasteiger partial charge in [0.2, 0.25) is 0 Å². The van der Waals surface area contributed by atoms with Gasteiger partial charge in [-0.05, 0) is 47.9 Å². The molecule has 0 aliphatic carbocycles. The summed E-state index contributed by atoms with van der Waals surface area (Å²) in [5.41, 5.74) is 4.23. The third kappa shape index (κ3) is 6.44. The standard InChI is InChI=1S/C38H36N4O3/c43-37(32-26-35(29-10-3-1-4-11-29)39-36(27-32)30-12-5-2-6-13-30)41-23-21-40(22-24-41)33-17-19-42(20-18-33)38(44)45-34-16-15-28-9-7-8-14-31(28)25-34/h1-16,25-27,33H,17-24H2. The molecule has 5 aromatic rings. The summed E-state index contributed by atoms with van der Waals surface area (Å²) in [5.74, 6) is 0.611. The topological polar surface area (TPSA) is 66.0 Å². The highest BCUT2D eigenvalue weighted by Crippen LogP contribution is 2.27. The number of carbonyl (C=O) groups is 2. The van der Waals surface area contributed by atoms with Gasteiger partial charge in [0, 0.05) is 62.0 Å². The van der Waals surface area contributed by atoms with Crippen LogP contribution in [-0.4, -0.2) is 77.0 Å². The number of benzene rings is 4. The lowest BCUT2D eigenvalue weighted by molar-refractivity contribution is 0.0457. The van der Waals surface area contributed by atoms with E-state index in [1.165, 1.54) is 0 Å². The molecule has 2 saturated heterocycles. The number of carbonyl (C=O) groups excluding carboxylic acids is 2. The minimum atomic E-state index is -0.291. The van der Waals surface area contributed by atoms with E-state index in [0.717, 1.165) is 59.2 Å². The van der Waals surface area contributed by atoms with Crippen molar-refractivity contribution in [2.24, 2.45) is 0 Å². The Morgan fingerprint density at radius 3 is 1.80 bits per heavy atom. The molecule has 0 atom stereocenters. The molecule has 2 aliphatic heterocycles. The molecule has 3 heterocycles. The summed E-state index contributed by atoms with van der Waals surface area (Å²) in [5, 5.41) is 2.17. The molecule has 0 bridgehead atoms. The molecule has 7 nitrogen and oxygen atoms in total. The van der Waals surface area contributed by atoms with Gasteiger partial charge in [-0.3, -0.25) is 9.69 Å². The summed E-state index contributed by atoms with van der Waals surface area (Å²) in [4.78, 5) is 37.9. The third-order valence-corrected chi connectivity index (χ3v) is 8.98. The number of hydrogen-bond donors (Lipinski definition) is 0. The van der Waals surface area contributed by atoms with E-state index < -0.39 is 0 Å². The van der Waals surface area contributed by atoms with Crippen molar-refractivity contribution in [2.75, 3.05) is 39.3 Å². The Bertz CT molecular complexity index is 1740. The molecule has 1 aromatic heterocycles. The number of rotatable bonds is 5. The molecule has 7 rings (SSSR count). The van der Waals surface area contributed by atoms with Gasteiger partial charge in [0.25, 0.3) is 5.91 Å². The van der Waals surface area contributed by atoms with Crippen LogP contribution in [0, 0.1) is 0 Å². The Balaban J connectivity index is 0.960. The van der Waals surface area contributed by atoms with Crippen molar-refractivity contribution in [3.8, 4) is 28.3 Å². The maximum absolute atomic E-state index is 13.8. The van der Waals surface area contributed by atoms with E-state index in [9.17, 15) is 9.59 Å². The number of piperazine rings is 1. The van der Waals surface area contributed by atoms with Gasteiger partial charge >= 0.3 is 6.09 Å². The molecule has 7 heteroatoms. The van der Waals surface area contributed by atoms with Crippen LogP contribution in [-0.2, 0) is 0 Å². The molecule has 45 heavy (non-hydrogen) atoms. The molecule has 2 aliphatic rings. The predicted octanol–water partition coefficient (Wildman–Crippen LogP) is 6.99. The van der Waals surface area contributed by atoms with Crippen molar-refractivity contribution in [2.45, 2.75) is 18.9 Å². The molecule has 0 unspecified atom stereocenters. The fraction of sp³-hybridized carbons (Fsp3) is 0.237. The van der Waals surface area contributed by atoms with E-state index in [4.69, 9.17) is 9.72 Å². The number of pyridine rings is 1. The van der Waals surface area contributed by atoms with E-state index in [1.54, 1.807) is 0 Å². The summed E-state index contributed by atoms with van der Waals surface area (Å²) in [7, 11) is 0. The summed E-state index contributed by atoms with van der Waals surface area (Å²) in [6, 6.07) is 38.1. The fourth-order valence-corrected chi connectivity index (χ4v) is 6.45. The van der Waals surface area contributed by atoms with Crippen molar-refractivity contribution < 1.29 is 14.3 Å². The first-order valence-electron chi connectivity index (χ1n) is 15.7. The number of piperidine rings is 1. The van der Waals surface area contributed by atoms with Gasteiger partial charge in [-0.2, -0.15) is 0 Å². The molecule has 0 radical (unpaired) electrons. The molecular weight excluding hydrogens is 560 g/mol. The van der Waals surface area contributed by atoms with Gasteiger partial charge in [0.05, 0.1) is 11.4 Å². The normalized spacial score (nSPS) is 16.1. The average molecular weight is 597 g/mol. The maximum atomic E-state index is 13.8. The van der Waals surface area contributed by atoms with Crippen LogP contribution in [0.2, 0.25) is 0 Å². The van der Waals surface area contributed by atoms with Crippen molar-refractivity contribution in [3.63, 3.8) is 0 Å². The van der Waals surface area contributed by atoms with E-state index >= 15 is 0 Å². The average Bonchev–Trinajstić information content (AvgIpc) is 3.12. The number of fused-ring (bicyclic) bond motifs is 1. The SMILES string of the molecule is O=C(Oc1ccc2ccccc2c1)N1CCC(N2CCN(C(=O)c3cc(-c4ccccc4)nc(-c4ccccc4)c3)CC2)CC1. The summed E-state index contributed by atoms with van der Waals surface area (Å²) >= 11 is 0. The van der Waals surface area contributed by atoms with Crippen LogP contribution >= 0.6 is 0 Å². The zero-order valence-electron chi connectivity index (χ0n) is 25.2. The van der Waals surface area contributed by atoms with E-state index in [-0.39, 0.29) is 12.0 Å². The largest absolute Gasteiger partial charge is 0.415 e. The van der Waals surface area contributed by atoms with Gasteiger partial charge in [0.15, 0.2) is 0 Å². The Morgan fingerprint density at radius 2 is 1.18 bits per heavy atom. The first-order chi connectivity index (χ1) is 22.1. The van der Waals surface area contributed by atoms with Crippen LogP contribution < -0.4 is 4.74 Å². The van der Waals surface area contributed by atoms with Gasteiger partial charge in [-0.15, -0.1) is 0 Å². The number of amides is 2. The second kappa shape index (κ2) is 12.9. The molecule has 2 amide bonds. The predicted molar refractivity (Wildman–Crippen MR) is 177 cm³/mol. The summed E-state index contributed by atoms with van der Waals surface area (Å²) in [6.45, 7) is 4.31. The van der Waals surface area contributed by atoms with E-state index in [2.05, 4.69) is 4.90 Å². The van der Waals surface area contributed by atoms with E-state index in [0.29, 0.717) is 43.5 Å². The Kier molecular flexibility index (Phi) is 8.25. The number of ether oxygens (including phenoxy) is 1. The second-order valence-electron chi connectivity index (χ2n) is 11.8. The monoisotopic (exact) mass is 596 g/mol. The molecule has 226 valence electrons. The highest BCUT2D eigenvalue weighted by Gasteiger charge is 2.31. The quantitative estimate of drug-likeness (QED) is 0.219. The molecule has 0 N–H and O–H groups in total. The van der Waals surface area contributed by atoms with Gasteiger partial charge in [-0.25, -0.2) is 9.78 Å². The highest BCUT2D eigenvalue weighted by atomic mass is 16.6. The summed E-state index contributed by atoms with van der Waals surface area (Å²) in [6.07, 6.45) is 1.50. The Hall–Kier alpha value is -5.01. The highest BCUT2D eigenvalue weighted by molar-refractivity contribution is 5.96. The fourth-order valence-electron chi connectivity index (χ4n) is 6.45. The minimum absolute atomic E-state index is 0.0395. The van der Waals surface area contributed by atoms with Crippen molar-refractivity contribution in [1.82, 2.24) is 19.7 Å². The molecular formula is C38H36N4O3. The number of likely N-dealkylation sites (tertiary alicyclic amines) is 1. The zero-order valence-corrected chi connectivity index (χ0v) is 25.2. The lowest BCUT2D eigenvalue weighted by Crippen LogP contribution is -2.55. The van der Waals surface area contributed by atoms with E-state index in [1.807, 2.05) is 125 Å².